The zero-order chi connectivity index (χ0) is 18.4. The summed E-state index contributed by atoms with van der Waals surface area (Å²) in [7, 11) is 0. The zero-order valence-corrected chi connectivity index (χ0v) is 14.9. The van der Waals surface area contributed by atoms with Gasteiger partial charge in [0.25, 0.3) is 0 Å². The first kappa shape index (κ1) is 19.1. The number of oxazole rings is 1. The van der Waals surface area contributed by atoms with Gasteiger partial charge in [0.2, 0.25) is 11.8 Å². The van der Waals surface area contributed by atoms with Crippen molar-refractivity contribution in [1.29, 1.82) is 0 Å². The molecule has 1 aromatic carbocycles. The van der Waals surface area contributed by atoms with E-state index >= 15 is 0 Å². The van der Waals surface area contributed by atoms with Crippen LogP contribution < -0.4 is 5.32 Å². The molecular weight excluding hydrogens is 323 g/mol. The third kappa shape index (κ3) is 6.31. The van der Waals surface area contributed by atoms with Crippen LogP contribution in [-0.4, -0.2) is 28.1 Å². The van der Waals surface area contributed by atoms with Gasteiger partial charge in [0.15, 0.2) is 0 Å². The van der Waals surface area contributed by atoms with E-state index in [0.717, 1.165) is 6.42 Å². The van der Waals surface area contributed by atoms with Gasteiger partial charge in [-0.1, -0.05) is 13.8 Å². The number of rotatable bonds is 8. The van der Waals surface area contributed by atoms with E-state index in [-0.39, 0.29) is 24.7 Å². The van der Waals surface area contributed by atoms with Crippen LogP contribution >= 0.6 is 0 Å². The van der Waals surface area contributed by atoms with Crippen LogP contribution in [0, 0.1) is 11.7 Å². The Morgan fingerprint density at radius 1 is 1.36 bits per heavy atom. The molecule has 0 fully saturated rings. The van der Waals surface area contributed by atoms with Crippen molar-refractivity contribution in [3.63, 3.8) is 0 Å². The minimum Gasteiger partial charge on any atom is -0.444 e. The van der Waals surface area contributed by atoms with Crippen molar-refractivity contribution in [2.45, 2.75) is 45.6 Å². The number of nitrogens with one attached hydrogen (secondary N) is 1. The lowest BCUT2D eigenvalue weighted by Gasteiger charge is -2.24. The number of carbonyl (C=O) groups excluding carboxylic acids is 1. The molecule has 0 aliphatic carbocycles. The number of nitrogens with zero attached hydrogens (tertiary/aromatic N) is 1. The maximum absolute atomic E-state index is 12.9. The molecule has 2 aromatic rings. The van der Waals surface area contributed by atoms with Gasteiger partial charge < -0.3 is 14.8 Å². The Kier molecular flexibility index (Phi) is 6.31. The number of hydrogen-bond donors (Lipinski definition) is 2. The lowest BCUT2D eigenvalue weighted by Crippen LogP contribution is -2.41. The van der Waals surface area contributed by atoms with Crippen LogP contribution in [0.15, 0.2) is 34.9 Å². The smallest absolute Gasteiger partial charge is 0.226 e. The fourth-order valence-electron chi connectivity index (χ4n) is 2.32. The number of aromatic nitrogens is 1. The van der Waals surface area contributed by atoms with Gasteiger partial charge in [-0.25, -0.2) is 9.37 Å². The summed E-state index contributed by atoms with van der Waals surface area (Å²) in [5.41, 5.74) is 0.201. The number of halogens is 1. The molecule has 2 N–H and O–H groups in total. The fraction of sp³-hybridized carbons (Fsp3) is 0.474. The van der Waals surface area contributed by atoms with Crippen molar-refractivity contribution in [2.75, 3.05) is 6.54 Å². The second-order valence-electron chi connectivity index (χ2n) is 7.03. The summed E-state index contributed by atoms with van der Waals surface area (Å²) < 4.78 is 18.3. The highest BCUT2D eigenvalue weighted by Crippen LogP contribution is 2.19. The summed E-state index contributed by atoms with van der Waals surface area (Å²) in [6.45, 7) is 6.11. The molecule has 25 heavy (non-hydrogen) atoms. The molecule has 0 spiro atoms. The number of hydrogen-bond acceptors (Lipinski definition) is 4. The Balaban J connectivity index is 1.86. The summed E-state index contributed by atoms with van der Waals surface area (Å²) in [6.07, 6.45) is 3.00. The van der Waals surface area contributed by atoms with Crippen molar-refractivity contribution in [2.24, 2.45) is 5.92 Å². The highest BCUT2D eigenvalue weighted by atomic mass is 19.1. The maximum atomic E-state index is 12.9. The van der Waals surface area contributed by atoms with Gasteiger partial charge >= 0.3 is 0 Å². The summed E-state index contributed by atoms with van der Waals surface area (Å²) in [5, 5.41) is 13.0. The van der Waals surface area contributed by atoms with Gasteiger partial charge in [-0.2, -0.15) is 0 Å². The highest BCUT2D eigenvalue weighted by Gasteiger charge is 2.21. The molecule has 0 aliphatic rings. The van der Waals surface area contributed by atoms with Crippen LogP contribution in [0.1, 0.15) is 39.3 Å². The van der Waals surface area contributed by atoms with Gasteiger partial charge in [-0.3, -0.25) is 4.79 Å². The minimum absolute atomic E-state index is 0.0605. The van der Waals surface area contributed by atoms with Crippen LogP contribution in [0.3, 0.4) is 0 Å². The lowest BCUT2D eigenvalue weighted by molar-refractivity contribution is -0.121. The van der Waals surface area contributed by atoms with Crippen molar-refractivity contribution < 1.29 is 18.7 Å². The zero-order valence-electron chi connectivity index (χ0n) is 14.9. The molecule has 1 aromatic heterocycles. The minimum atomic E-state index is -0.928. The number of benzene rings is 1. The van der Waals surface area contributed by atoms with Crippen molar-refractivity contribution in [3.8, 4) is 11.5 Å². The summed E-state index contributed by atoms with van der Waals surface area (Å²) in [4.78, 5) is 16.3. The summed E-state index contributed by atoms with van der Waals surface area (Å²) >= 11 is 0. The van der Waals surface area contributed by atoms with E-state index in [0.29, 0.717) is 29.5 Å². The molecule has 1 unspecified atom stereocenters. The van der Waals surface area contributed by atoms with Crippen LogP contribution in [-0.2, 0) is 11.2 Å². The lowest BCUT2D eigenvalue weighted by atomic mass is 9.95. The first-order valence-corrected chi connectivity index (χ1v) is 8.44. The van der Waals surface area contributed by atoms with Crippen LogP contribution in [0.5, 0.6) is 0 Å². The molecule has 136 valence electrons. The molecule has 1 atom stereocenters. The number of amides is 1. The molecule has 0 radical (unpaired) electrons. The largest absolute Gasteiger partial charge is 0.444 e. The molecule has 1 heterocycles. The van der Waals surface area contributed by atoms with E-state index < -0.39 is 5.60 Å². The van der Waals surface area contributed by atoms with Crippen LogP contribution in [0.2, 0.25) is 0 Å². The Morgan fingerprint density at radius 3 is 2.68 bits per heavy atom. The first-order chi connectivity index (χ1) is 11.7. The van der Waals surface area contributed by atoms with Crippen molar-refractivity contribution in [1.82, 2.24) is 10.3 Å². The molecule has 5 nitrogen and oxygen atoms in total. The third-order valence-electron chi connectivity index (χ3n) is 3.91. The average molecular weight is 348 g/mol. The Labute approximate surface area is 147 Å². The van der Waals surface area contributed by atoms with Gasteiger partial charge in [0.1, 0.15) is 12.1 Å². The van der Waals surface area contributed by atoms with Crippen LogP contribution in [0.4, 0.5) is 4.39 Å². The molecule has 6 heteroatoms. The Bertz CT molecular complexity index is 693. The summed E-state index contributed by atoms with van der Waals surface area (Å²) in [6, 6.07) is 5.78. The maximum Gasteiger partial charge on any atom is 0.226 e. The second kappa shape index (κ2) is 8.25. The monoisotopic (exact) mass is 348 g/mol. The van der Waals surface area contributed by atoms with E-state index in [4.69, 9.17) is 4.42 Å². The van der Waals surface area contributed by atoms with E-state index in [1.54, 1.807) is 19.1 Å². The van der Waals surface area contributed by atoms with Gasteiger partial charge in [0.05, 0.1) is 17.7 Å². The van der Waals surface area contributed by atoms with Crippen LogP contribution in [0.25, 0.3) is 11.5 Å². The Hall–Kier alpha value is -2.21. The highest BCUT2D eigenvalue weighted by molar-refractivity contribution is 5.78. The van der Waals surface area contributed by atoms with E-state index in [9.17, 15) is 14.3 Å². The molecule has 0 saturated heterocycles. The number of carbonyl (C=O) groups is 1. The SMILES string of the molecule is CC(C)CCC(C)(O)CNC(=O)Cc1coc(-c2ccc(F)cc2)n1. The second-order valence-corrected chi connectivity index (χ2v) is 7.03. The van der Waals surface area contributed by atoms with Crippen molar-refractivity contribution in [3.05, 3.63) is 42.0 Å². The third-order valence-corrected chi connectivity index (χ3v) is 3.91. The van der Waals surface area contributed by atoms with E-state index in [1.807, 2.05) is 0 Å². The quantitative estimate of drug-likeness (QED) is 0.767. The van der Waals surface area contributed by atoms with Gasteiger partial charge in [-0.15, -0.1) is 0 Å². The van der Waals surface area contributed by atoms with E-state index in [1.165, 1.54) is 18.4 Å². The standard InChI is InChI=1S/C19H25FN2O3/c1-13(2)8-9-19(3,24)12-21-17(23)10-16-11-25-18(22-16)14-4-6-15(20)7-5-14/h4-7,11,13,24H,8-10,12H2,1-3H3,(H,21,23). The van der Waals surface area contributed by atoms with E-state index in [2.05, 4.69) is 24.1 Å². The predicted molar refractivity (Wildman–Crippen MR) is 93.3 cm³/mol. The normalized spacial score (nSPS) is 13.7. The first-order valence-electron chi connectivity index (χ1n) is 8.44. The molecule has 1 amide bonds. The molecular formula is C19H25FN2O3. The Morgan fingerprint density at radius 2 is 2.04 bits per heavy atom. The summed E-state index contributed by atoms with van der Waals surface area (Å²) in [5.74, 6) is 0.275. The molecule has 0 saturated carbocycles. The molecule has 0 bridgehead atoms. The molecule has 0 aliphatic heterocycles. The topological polar surface area (TPSA) is 75.4 Å². The van der Waals surface area contributed by atoms with Crippen molar-refractivity contribution >= 4 is 5.91 Å². The van der Waals surface area contributed by atoms with Gasteiger partial charge in [0, 0.05) is 12.1 Å². The predicted octanol–water partition coefficient (Wildman–Crippen LogP) is 3.33. The van der Waals surface area contributed by atoms with Gasteiger partial charge in [-0.05, 0) is 49.9 Å². The number of aliphatic hydroxyl groups is 1. The fourth-order valence-corrected chi connectivity index (χ4v) is 2.32. The molecule has 2 rings (SSSR count). The average Bonchev–Trinajstić information content (AvgIpc) is 3.00.